The van der Waals surface area contributed by atoms with Crippen LogP contribution in [0.4, 0.5) is 11.8 Å². The van der Waals surface area contributed by atoms with Crippen LogP contribution in [0.3, 0.4) is 0 Å². The third-order valence-corrected chi connectivity index (χ3v) is 4.50. The van der Waals surface area contributed by atoms with E-state index in [1.807, 2.05) is 19.2 Å². The van der Waals surface area contributed by atoms with Crippen molar-refractivity contribution in [2.24, 2.45) is 0 Å². The van der Waals surface area contributed by atoms with E-state index in [1.165, 1.54) is 12.8 Å². The lowest BCUT2D eigenvalue weighted by molar-refractivity contribution is 0.484. The molecule has 0 N–H and O–H groups in total. The zero-order valence-electron chi connectivity index (χ0n) is 13.0. The first-order valence-electron chi connectivity index (χ1n) is 7.82. The number of likely N-dealkylation sites (N-methyl/N-ethyl adjacent to an activating group) is 1. The van der Waals surface area contributed by atoms with Crippen LogP contribution in [0, 0.1) is 6.92 Å². The summed E-state index contributed by atoms with van der Waals surface area (Å²) < 4.78 is 0. The Morgan fingerprint density at radius 3 is 2.59 bits per heavy atom. The summed E-state index contributed by atoms with van der Waals surface area (Å²) in [7, 11) is 2.05. The van der Waals surface area contributed by atoms with Gasteiger partial charge in [-0.05, 0) is 38.0 Å². The Hall–Kier alpha value is -2.24. The second-order valence-electron chi connectivity index (χ2n) is 6.26. The van der Waals surface area contributed by atoms with E-state index in [-0.39, 0.29) is 0 Å². The molecule has 0 unspecified atom stereocenters. The first-order chi connectivity index (χ1) is 10.7. The topological polar surface area (TPSA) is 58.0 Å². The molecule has 1 saturated carbocycles. The maximum absolute atomic E-state index is 4.48. The first-order valence-corrected chi connectivity index (χ1v) is 7.82. The number of hydrogen-bond donors (Lipinski definition) is 0. The molecule has 0 radical (unpaired) electrons. The van der Waals surface area contributed by atoms with Gasteiger partial charge in [-0.1, -0.05) is 0 Å². The molecule has 2 fully saturated rings. The SMILES string of the molecule is Cc1ccnc(N(C)C2CN(c3ccc(C4CC4)nn3)C2)n1. The fraction of sp³-hybridized carbons (Fsp3) is 0.500. The molecule has 22 heavy (non-hydrogen) atoms. The Morgan fingerprint density at radius 1 is 1.14 bits per heavy atom. The molecule has 1 saturated heterocycles. The van der Waals surface area contributed by atoms with Crippen molar-refractivity contribution in [2.45, 2.75) is 31.7 Å². The summed E-state index contributed by atoms with van der Waals surface area (Å²) in [5, 5.41) is 8.72. The average molecular weight is 296 g/mol. The van der Waals surface area contributed by atoms with Gasteiger partial charge in [-0.25, -0.2) is 9.97 Å². The zero-order valence-corrected chi connectivity index (χ0v) is 13.0. The van der Waals surface area contributed by atoms with Gasteiger partial charge < -0.3 is 9.80 Å². The predicted octanol–water partition coefficient (Wildman–Crippen LogP) is 1.78. The number of aryl methyl sites for hydroxylation is 1. The Labute approximate surface area is 130 Å². The molecule has 2 aromatic heterocycles. The molecular formula is C16H20N6. The Morgan fingerprint density at radius 2 is 1.95 bits per heavy atom. The summed E-state index contributed by atoms with van der Waals surface area (Å²) in [5.74, 6) is 2.43. The fourth-order valence-corrected chi connectivity index (χ4v) is 2.76. The van der Waals surface area contributed by atoms with Gasteiger partial charge in [0.25, 0.3) is 0 Å². The monoisotopic (exact) mass is 296 g/mol. The Bertz CT molecular complexity index is 661. The average Bonchev–Trinajstić information content (AvgIpc) is 3.31. The van der Waals surface area contributed by atoms with Crippen molar-refractivity contribution in [3.63, 3.8) is 0 Å². The highest BCUT2D eigenvalue weighted by Crippen LogP contribution is 2.38. The normalized spacial score (nSPS) is 18.2. The molecule has 2 aromatic rings. The molecule has 1 aliphatic carbocycles. The predicted molar refractivity (Wildman–Crippen MR) is 85.2 cm³/mol. The first kappa shape index (κ1) is 13.4. The van der Waals surface area contributed by atoms with E-state index in [9.17, 15) is 0 Å². The van der Waals surface area contributed by atoms with E-state index >= 15 is 0 Å². The largest absolute Gasteiger partial charge is 0.351 e. The van der Waals surface area contributed by atoms with Gasteiger partial charge in [-0.15, -0.1) is 5.10 Å². The van der Waals surface area contributed by atoms with Gasteiger partial charge >= 0.3 is 0 Å². The summed E-state index contributed by atoms with van der Waals surface area (Å²) in [6.45, 7) is 3.86. The van der Waals surface area contributed by atoms with Crippen LogP contribution >= 0.6 is 0 Å². The molecule has 1 aliphatic heterocycles. The molecule has 0 aromatic carbocycles. The smallest absolute Gasteiger partial charge is 0.225 e. The highest BCUT2D eigenvalue weighted by molar-refractivity contribution is 5.45. The van der Waals surface area contributed by atoms with Crippen molar-refractivity contribution < 1.29 is 0 Å². The molecule has 2 aliphatic rings. The number of rotatable bonds is 4. The van der Waals surface area contributed by atoms with Crippen molar-refractivity contribution in [3.8, 4) is 0 Å². The summed E-state index contributed by atoms with van der Waals surface area (Å²) in [6.07, 6.45) is 4.34. The maximum Gasteiger partial charge on any atom is 0.225 e. The second kappa shape index (κ2) is 5.19. The fourth-order valence-electron chi connectivity index (χ4n) is 2.76. The van der Waals surface area contributed by atoms with Gasteiger partial charge in [0.1, 0.15) is 0 Å². The Balaban J connectivity index is 1.38. The van der Waals surface area contributed by atoms with E-state index in [2.05, 4.69) is 49.1 Å². The van der Waals surface area contributed by atoms with Crippen LogP contribution in [0.5, 0.6) is 0 Å². The maximum atomic E-state index is 4.48. The molecule has 3 heterocycles. The quantitative estimate of drug-likeness (QED) is 0.857. The minimum Gasteiger partial charge on any atom is -0.351 e. The lowest BCUT2D eigenvalue weighted by Crippen LogP contribution is -2.59. The summed E-state index contributed by atoms with van der Waals surface area (Å²) in [5.41, 5.74) is 2.14. The molecule has 6 nitrogen and oxygen atoms in total. The summed E-state index contributed by atoms with van der Waals surface area (Å²) in [4.78, 5) is 13.2. The molecule has 0 spiro atoms. The van der Waals surface area contributed by atoms with E-state index in [0.29, 0.717) is 12.0 Å². The minimum atomic E-state index is 0.423. The molecule has 0 amide bonds. The van der Waals surface area contributed by atoms with Crippen LogP contribution in [0.1, 0.15) is 30.1 Å². The lowest BCUT2D eigenvalue weighted by atomic mass is 10.1. The third kappa shape index (κ3) is 2.49. The van der Waals surface area contributed by atoms with Crippen LogP contribution in [-0.2, 0) is 0 Å². The number of hydrogen-bond acceptors (Lipinski definition) is 6. The lowest BCUT2D eigenvalue weighted by Gasteiger charge is -2.44. The molecule has 4 rings (SSSR count). The third-order valence-electron chi connectivity index (χ3n) is 4.50. The van der Waals surface area contributed by atoms with Gasteiger partial charge in [-0.3, -0.25) is 0 Å². The van der Waals surface area contributed by atoms with Crippen LogP contribution in [0.15, 0.2) is 24.4 Å². The van der Waals surface area contributed by atoms with Crippen molar-refractivity contribution >= 4 is 11.8 Å². The number of aromatic nitrogens is 4. The number of anilines is 2. The second-order valence-corrected chi connectivity index (χ2v) is 6.26. The molecule has 0 atom stereocenters. The van der Waals surface area contributed by atoms with Gasteiger partial charge in [0, 0.05) is 37.9 Å². The minimum absolute atomic E-state index is 0.423. The van der Waals surface area contributed by atoms with Crippen LogP contribution in [0.25, 0.3) is 0 Å². The Kier molecular flexibility index (Phi) is 3.17. The van der Waals surface area contributed by atoms with E-state index in [4.69, 9.17) is 0 Å². The number of nitrogens with zero attached hydrogens (tertiary/aromatic N) is 6. The van der Waals surface area contributed by atoms with E-state index in [1.54, 1.807) is 0 Å². The highest BCUT2D eigenvalue weighted by atomic mass is 15.4. The van der Waals surface area contributed by atoms with Gasteiger partial charge in [0.2, 0.25) is 5.95 Å². The summed E-state index contributed by atoms with van der Waals surface area (Å²) >= 11 is 0. The van der Waals surface area contributed by atoms with Crippen molar-refractivity contribution in [1.82, 2.24) is 20.2 Å². The molecule has 6 heteroatoms. The van der Waals surface area contributed by atoms with Crippen molar-refractivity contribution in [1.29, 1.82) is 0 Å². The van der Waals surface area contributed by atoms with E-state index in [0.717, 1.165) is 36.2 Å². The molecule has 114 valence electrons. The van der Waals surface area contributed by atoms with E-state index < -0.39 is 0 Å². The molecule has 0 bridgehead atoms. The van der Waals surface area contributed by atoms with Crippen molar-refractivity contribution in [2.75, 3.05) is 29.9 Å². The van der Waals surface area contributed by atoms with Gasteiger partial charge in [-0.2, -0.15) is 5.10 Å². The van der Waals surface area contributed by atoms with Gasteiger partial charge in [0.15, 0.2) is 5.82 Å². The molecular weight excluding hydrogens is 276 g/mol. The zero-order chi connectivity index (χ0) is 15.1. The van der Waals surface area contributed by atoms with Crippen LogP contribution < -0.4 is 9.80 Å². The van der Waals surface area contributed by atoms with Crippen LogP contribution in [-0.4, -0.2) is 46.3 Å². The van der Waals surface area contributed by atoms with Crippen LogP contribution in [0.2, 0.25) is 0 Å². The summed E-state index contributed by atoms with van der Waals surface area (Å²) in [6, 6.07) is 6.56. The standard InChI is InChI=1S/C16H20N6/c1-11-7-8-17-16(18-11)21(2)13-9-22(10-13)15-6-5-14(19-20-15)12-3-4-12/h5-8,12-13H,3-4,9-10H2,1-2H3. The van der Waals surface area contributed by atoms with Crippen molar-refractivity contribution in [3.05, 3.63) is 35.8 Å². The van der Waals surface area contributed by atoms with Gasteiger partial charge in [0.05, 0.1) is 11.7 Å². The highest BCUT2D eigenvalue weighted by Gasteiger charge is 2.33.